The molecule has 0 amide bonds. The highest BCUT2D eigenvalue weighted by molar-refractivity contribution is 6.35. The number of benzene rings is 1. The second-order valence-corrected chi connectivity index (χ2v) is 8.74. The van der Waals surface area contributed by atoms with E-state index in [2.05, 4.69) is 31.2 Å². The molecule has 35 heavy (non-hydrogen) atoms. The zero-order chi connectivity index (χ0) is 24.5. The Morgan fingerprint density at radius 2 is 1.91 bits per heavy atom. The standard InChI is InChI=1S/C23H20Cl2N8O2/c1-34-18-6-17-14(5-19(18)35-22(27)20-15(24)10-28-11-16(20)25)21(32-31-17)12-8-29-23(30-9-12)33-4-2-3-13(33)7-26/h5-6,8-11,13,22H,2-4,27H2,1H3,(H,31,32)/t13-,22+/m1/s1. The second-order valence-electron chi connectivity index (χ2n) is 7.93. The normalized spacial score (nSPS) is 16.3. The van der Waals surface area contributed by atoms with Crippen LogP contribution in [-0.2, 0) is 0 Å². The van der Waals surface area contributed by atoms with Crippen LogP contribution in [0.25, 0.3) is 22.2 Å². The Morgan fingerprint density at radius 1 is 1.17 bits per heavy atom. The number of hydrogen-bond donors (Lipinski definition) is 2. The Hall–Kier alpha value is -3.65. The summed E-state index contributed by atoms with van der Waals surface area (Å²) in [5.74, 6) is 1.36. The number of aromatic nitrogens is 5. The van der Waals surface area contributed by atoms with Crippen molar-refractivity contribution in [1.29, 1.82) is 5.26 Å². The van der Waals surface area contributed by atoms with Gasteiger partial charge in [0.15, 0.2) is 17.7 Å². The van der Waals surface area contributed by atoms with Crippen molar-refractivity contribution in [2.75, 3.05) is 18.6 Å². The molecule has 4 aromatic rings. The van der Waals surface area contributed by atoms with Gasteiger partial charge in [0.25, 0.3) is 0 Å². The van der Waals surface area contributed by atoms with E-state index in [1.54, 1.807) is 24.5 Å². The van der Waals surface area contributed by atoms with E-state index in [4.69, 9.17) is 38.4 Å². The van der Waals surface area contributed by atoms with Crippen molar-refractivity contribution in [3.8, 4) is 28.8 Å². The van der Waals surface area contributed by atoms with E-state index in [9.17, 15) is 5.26 Å². The first-order valence-electron chi connectivity index (χ1n) is 10.8. The molecule has 0 saturated carbocycles. The van der Waals surface area contributed by atoms with Crippen molar-refractivity contribution in [3.63, 3.8) is 0 Å². The number of aromatic amines is 1. The fourth-order valence-corrected chi connectivity index (χ4v) is 4.70. The average molecular weight is 511 g/mol. The molecule has 4 heterocycles. The first kappa shape index (κ1) is 23.1. The fourth-order valence-electron chi connectivity index (χ4n) is 4.12. The average Bonchev–Trinajstić information content (AvgIpc) is 3.50. The molecule has 2 atom stereocenters. The molecule has 1 aliphatic heterocycles. The Bertz CT molecular complexity index is 1400. The largest absolute Gasteiger partial charge is 0.493 e. The Balaban J connectivity index is 1.48. The Morgan fingerprint density at radius 3 is 2.60 bits per heavy atom. The quantitative estimate of drug-likeness (QED) is 0.364. The molecule has 3 N–H and O–H groups in total. The van der Waals surface area contributed by atoms with Crippen LogP contribution in [0.5, 0.6) is 11.5 Å². The molecule has 0 aliphatic carbocycles. The van der Waals surface area contributed by atoms with Crippen LogP contribution in [0, 0.1) is 11.3 Å². The van der Waals surface area contributed by atoms with Gasteiger partial charge in [-0.25, -0.2) is 9.97 Å². The predicted octanol–water partition coefficient (Wildman–Crippen LogP) is 4.26. The third-order valence-electron chi connectivity index (χ3n) is 5.85. The summed E-state index contributed by atoms with van der Waals surface area (Å²) < 4.78 is 11.5. The third kappa shape index (κ3) is 4.30. The number of rotatable bonds is 6. The number of halogens is 2. The minimum atomic E-state index is -0.962. The van der Waals surface area contributed by atoms with E-state index < -0.39 is 6.23 Å². The van der Waals surface area contributed by atoms with Gasteiger partial charge in [0.2, 0.25) is 5.95 Å². The number of methoxy groups -OCH3 is 1. The maximum Gasteiger partial charge on any atom is 0.226 e. The smallest absolute Gasteiger partial charge is 0.226 e. The molecule has 1 saturated heterocycles. The van der Waals surface area contributed by atoms with Crippen molar-refractivity contribution >= 4 is 40.1 Å². The zero-order valence-electron chi connectivity index (χ0n) is 18.6. The van der Waals surface area contributed by atoms with Crippen molar-refractivity contribution < 1.29 is 9.47 Å². The number of nitrogens with zero attached hydrogens (tertiary/aromatic N) is 6. The van der Waals surface area contributed by atoms with Gasteiger partial charge in [0.1, 0.15) is 11.7 Å². The topological polar surface area (TPSA) is 139 Å². The van der Waals surface area contributed by atoms with E-state index in [1.165, 1.54) is 19.5 Å². The fraction of sp³-hybridized carbons (Fsp3) is 0.261. The van der Waals surface area contributed by atoms with Crippen LogP contribution in [0.4, 0.5) is 5.95 Å². The van der Waals surface area contributed by atoms with Crippen LogP contribution in [-0.4, -0.2) is 44.8 Å². The third-order valence-corrected chi connectivity index (χ3v) is 6.45. The molecule has 3 aromatic heterocycles. The van der Waals surface area contributed by atoms with Gasteiger partial charge in [0, 0.05) is 53.9 Å². The molecule has 1 fully saturated rings. The van der Waals surface area contributed by atoms with Gasteiger partial charge in [-0.05, 0) is 18.9 Å². The lowest BCUT2D eigenvalue weighted by atomic mass is 10.1. The molecule has 0 unspecified atom stereocenters. The molecule has 5 rings (SSSR count). The van der Waals surface area contributed by atoms with Gasteiger partial charge in [-0.3, -0.25) is 15.8 Å². The lowest BCUT2D eigenvalue weighted by molar-refractivity contribution is 0.204. The predicted molar refractivity (Wildman–Crippen MR) is 131 cm³/mol. The first-order chi connectivity index (χ1) is 17.0. The first-order valence-corrected chi connectivity index (χ1v) is 11.5. The Labute approximate surface area is 210 Å². The molecule has 1 aliphatic rings. The monoisotopic (exact) mass is 510 g/mol. The number of nitrogens with one attached hydrogen (secondary N) is 1. The minimum absolute atomic E-state index is 0.203. The molecule has 0 radical (unpaired) electrons. The molecule has 0 bridgehead atoms. The van der Waals surface area contributed by atoms with Gasteiger partial charge in [-0.1, -0.05) is 23.2 Å². The van der Waals surface area contributed by atoms with Crippen molar-refractivity contribution in [3.05, 3.63) is 52.5 Å². The molecule has 10 nitrogen and oxygen atoms in total. The number of fused-ring (bicyclic) bond motifs is 1. The highest BCUT2D eigenvalue weighted by Crippen LogP contribution is 2.39. The van der Waals surface area contributed by atoms with Crippen LogP contribution >= 0.6 is 23.2 Å². The maximum atomic E-state index is 9.35. The highest BCUT2D eigenvalue weighted by Gasteiger charge is 2.26. The van der Waals surface area contributed by atoms with E-state index in [-0.39, 0.29) is 6.04 Å². The molecule has 12 heteroatoms. The number of H-pyrrole nitrogens is 1. The summed E-state index contributed by atoms with van der Waals surface area (Å²) in [6.45, 7) is 0.759. The van der Waals surface area contributed by atoms with Crippen LogP contribution in [0.2, 0.25) is 10.0 Å². The number of nitrogens with two attached hydrogens (primary N) is 1. The SMILES string of the molecule is COc1cc2[nH]nc(-c3cnc(N4CCC[C@@H]4C#N)nc3)c2cc1O[C@H](N)c1c(Cl)cncc1Cl. The van der Waals surface area contributed by atoms with Gasteiger partial charge >= 0.3 is 0 Å². The van der Waals surface area contributed by atoms with Crippen LogP contribution < -0.4 is 20.1 Å². The number of hydrogen-bond acceptors (Lipinski definition) is 9. The number of pyridine rings is 1. The second kappa shape index (κ2) is 9.54. The Kier molecular flexibility index (Phi) is 6.30. The van der Waals surface area contributed by atoms with E-state index in [1.807, 2.05) is 4.90 Å². The highest BCUT2D eigenvalue weighted by atomic mass is 35.5. The van der Waals surface area contributed by atoms with Gasteiger partial charge in [-0.2, -0.15) is 10.4 Å². The summed E-state index contributed by atoms with van der Waals surface area (Å²) >= 11 is 12.5. The van der Waals surface area contributed by atoms with E-state index >= 15 is 0 Å². The zero-order valence-corrected chi connectivity index (χ0v) is 20.1. The molecular weight excluding hydrogens is 491 g/mol. The van der Waals surface area contributed by atoms with Crippen LogP contribution in [0.1, 0.15) is 24.6 Å². The van der Waals surface area contributed by atoms with E-state index in [0.29, 0.717) is 44.3 Å². The lowest BCUT2D eigenvalue weighted by Gasteiger charge is -2.19. The van der Waals surface area contributed by atoms with Gasteiger partial charge < -0.3 is 14.4 Å². The van der Waals surface area contributed by atoms with E-state index in [0.717, 1.165) is 30.3 Å². The van der Waals surface area contributed by atoms with Crippen LogP contribution in [0.15, 0.2) is 36.9 Å². The molecular formula is C23H20Cl2N8O2. The maximum absolute atomic E-state index is 9.35. The lowest BCUT2D eigenvalue weighted by Crippen LogP contribution is -2.29. The number of ether oxygens (including phenoxy) is 2. The summed E-state index contributed by atoms with van der Waals surface area (Å²) in [7, 11) is 1.53. The number of anilines is 1. The summed E-state index contributed by atoms with van der Waals surface area (Å²) in [5, 5.41) is 18.1. The molecule has 1 aromatic carbocycles. The van der Waals surface area contributed by atoms with Crippen molar-refractivity contribution in [2.45, 2.75) is 25.1 Å². The summed E-state index contributed by atoms with van der Waals surface area (Å²) in [4.78, 5) is 14.8. The summed E-state index contributed by atoms with van der Waals surface area (Å²) in [6.07, 6.45) is 7.08. The molecule has 178 valence electrons. The summed E-state index contributed by atoms with van der Waals surface area (Å²) in [6, 6.07) is 5.64. The number of nitriles is 1. The van der Waals surface area contributed by atoms with Crippen molar-refractivity contribution in [1.82, 2.24) is 25.1 Å². The van der Waals surface area contributed by atoms with Gasteiger partial charge in [-0.15, -0.1) is 0 Å². The van der Waals surface area contributed by atoms with Gasteiger partial charge in [0.05, 0.1) is 28.7 Å². The van der Waals surface area contributed by atoms with Crippen molar-refractivity contribution in [2.24, 2.45) is 5.73 Å². The summed E-state index contributed by atoms with van der Waals surface area (Å²) in [5.41, 5.74) is 8.75. The molecule has 0 spiro atoms. The minimum Gasteiger partial charge on any atom is -0.493 e. The van der Waals surface area contributed by atoms with Crippen LogP contribution in [0.3, 0.4) is 0 Å².